The molecule has 0 bridgehead atoms. The van der Waals surface area contributed by atoms with Gasteiger partial charge in [-0.15, -0.1) is 11.3 Å². The average molecular weight is 293 g/mol. The molecule has 1 aromatic heterocycles. The minimum atomic E-state index is 0.779. The van der Waals surface area contributed by atoms with Crippen molar-refractivity contribution in [2.45, 2.75) is 39.0 Å². The van der Waals surface area contributed by atoms with Crippen LogP contribution in [-0.2, 0) is 4.74 Å². The second-order valence-corrected chi connectivity index (χ2v) is 6.99. The van der Waals surface area contributed by atoms with Crippen molar-refractivity contribution in [3.63, 3.8) is 0 Å². The molecule has 1 aliphatic rings. The number of rotatable bonds is 7. The molecule has 0 amide bonds. The third-order valence-corrected chi connectivity index (χ3v) is 4.98. The molecule has 0 aromatic carbocycles. The molecule has 1 aliphatic carbocycles. The predicted molar refractivity (Wildman–Crippen MR) is 88.4 cm³/mol. The minimum absolute atomic E-state index is 0.779. The van der Waals surface area contributed by atoms with Gasteiger partial charge in [-0.05, 0) is 43.9 Å². The van der Waals surface area contributed by atoms with Gasteiger partial charge in [0.05, 0.1) is 6.61 Å². The van der Waals surface area contributed by atoms with Gasteiger partial charge in [0, 0.05) is 30.0 Å². The second-order valence-electron chi connectivity index (χ2n) is 5.67. The maximum Gasteiger partial charge on any atom is 0.0587 e. The van der Waals surface area contributed by atoms with Gasteiger partial charge in [-0.25, -0.2) is 0 Å². The summed E-state index contributed by atoms with van der Waals surface area (Å²) in [6.45, 7) is 4.91. The zero-order valence-corrected chi connectivity index (χ0v) is 13.6. The quantitative estimate of drug-likeness (QED) is 0.759. The van der Waals surface area contributed by atoms with E-state index in [0.717, 1.165) is 25.6 Å². The van der Waals surface area contributed by atoms with E-state index < -0.39 is 0 Å². The van der Waals surface area contributed by atoms with Crippen LogP contribution in [0.3, 0.4) is 0 Å². The van der Waals surface area contributed by atoms with Crippen LogP contribution in [0.15, 0.2) is 17.7 Å². The predicted octanol–water partition coefficient (Wildman–Crippen LogP) is 4.26. The van der Waals surface area contributed by atoms with Gasteiger partial charge in [-0.2, -0.15) is 0 Å². The Morgan fingerprint density at radius 3 is 2.80 bits per heavy atom. The summed E-state index contributed by atoms with van der Waals surface area (Å²) in [5, 5.41) is 3.52. The fourth-order valence-corrected chi connectivity index (χ4v) is 3.76. The molecular weight excluding hydrogens is 266 g/mol. The number of nitrogens with one attached hydrogen (secondary N) is 1. The van der Waals surface area contributed by atoms with Crippen LogP contribution >= 0.6 is 11.3 Å². The van der Waals surface area contributed by atoms with Gasteiger partial charge >= 0.3 is 0 Å². The minimum Gasteiger partial charge on any atom is -0.383 e. The van der Waals surface area contributed by atoms with Gasteiger partial charge in [0.25, 0.3) is 0 Å². The highest BCUT2D eigenvalue weighted by molar-refractivity contribution is 7.12. The Balaban J connectivity index is 2.00. The molecule has 0 atom stereocenters. The van der Waals surface area contributed by atoms with E-state index in [4.69, 9.17) is 4.74 Å². The Hall–Kier alpha value is -0.640. The van der Waals surface area contributed by atoms with Crippen LogP contribution in [0.4, 0.5) is 0 Å². The summed E-state index contributed by atoms with van der Waals surface area (Å²) in [6.07, 6.45) is 9.35. The molecule has 2 rings (SSSR count). The Kier molecular flexibility index (Phi) is 6.77. The summed E-state index contributed by atoms with van der Waals surface area (Å²) in [6, 6.07) is 4.46. The number of methoxy groups -OCH3 is 1. The first-order chi connectivity index (χ1) is 9.79. The molecule has 0 aliphatic heterocycles. The van der Waals surface area contributed by atoms with Crippen LogP contribution in [0.1, 0.15) is 41.9 Å². The number of aryl methyl sites for hydroxylation is 1. The molecule has 0 unspecified atom stereocenters. The molecule has 1 fully saturated rings. The van der Waals surface area contributed by atoms with Crippen molar-refractivity contribution >= 4 is 17.4 Å². The zero-order chi connectivity index (χ0) is 14.2. The lowest BCUT2D eigenvalue weighted by Crippen LogP contribution is -2.25. The third kappa shape index (κ3) is 5.04. The first kappa shape index (κ1) is 15.7. The van der Waals surface area contributed by atoms with Crippen molar-refractivity contribution < 1.29 is 4.74 Å². The Morgan fingerprint density at radius 2 is 2.15 bits per heavy atom. The largest absolute Gasteiger partial charge is 0.383 e. The number of hydrogen-bond donors (Lipinski definition) is 1. The van der Waals surface area contributed by atoms with E-state index in [0.29, 0.717) is 0 Å². The summed E-state index contributed by atoms with van der Waals surface area (Å²) in [7, 11) is 1.76. The van der Waals surface area contributed by atoms with Crippen molar-refractivity contribution in [3.8, 4) is 0 Å². The lowest BCUT2D eigenvalue weighted by Gasteiger charge is -2.25. The third-order valence-electron chi connectivity index (χ3n) is 4.03. The SMILES string of the molecule is COCCNC/C(=C/c1ccc(C)s1)C1CCCCC1. The van der Waals surface area contributed by atoms with Crippen molar-refractivity contribution in [2.75, 3.05) is 26.8 Å². The van der Waals surface area contributed by atoms with Gasteiger partial charge < -0.3 is 10.1 Å². The molecule has 0 saturated heterocycles. The molecule has 1 heterocycles. The Morgan fingerprint density at radius 1 is 1.35 bits per heavy atom. The van der Waals surface area contributed by atoms with Crippen molar-refractivity contribution in [2.24, 2.45) is 5.92 Å². The summed E-state index contributed by atoms with van der Waals surface area (Å²) in [4.78, 5) is 2.79. The summed E-state index contributed by atoms with van der Waals surface area (Å²) < 4.78 is 5.11. The van der Waals surface area contributed by atoms with Crippen molar-refractivity contribution in [1.29, 1.82) is 0 Å². The highest BCUT2D eigenvalue weighted by atomic mass is 32.1. The van der Waals surface area contributed by atoms with E-state index in [1.165, 1.54) is 41.9 Å². The van der Waals surface area contributed by atoms with Gasteiger partial charge in [-0.1, -0.05) is 24.8 Å². The van der Waals surface area contributed by atoms with Crippen LogP contribution in [0.2, 0.25) is 0 Å². The van der Waals surface area contributed by atoms with E-state index in [1.807, 2.05) is 11.3 Å². The van der Waals surface area contributed by atoms with Crippen LogP contribution in [0, 0.1) is 12.8 Å². The smallest absolute Gasteiger partial charge is 0.0587 e. The number of hydrogen-bond acceptors (Lipinski definition) is 3. The molecule has 112 valence electrons. The highest BCUT2D eigenvalue weighted by Crippen LogP contribution is 2.31. The van der Waals surface area contributed by atoms with Crippen LogP contribution < -0.4 is 5.32 Å². The molecule has 0 radical (unpaired) electrons. The summed E-state index contributed by atoms with van der Waals surface area (Å²) in [5.41, 5.74) is 1.59. The monoisotopic (exact) mass is 293 g/mol. The van der Waals surface area contributed by atoms with Crippen molar-refractivity contribution in [3.05, 3.63) is 27.5 Å². The second kappa shape index (κ2) is 8.60. The maximum absolute atomic E-state index is 5.11. The number of ether oxygens (including phenoxy) is 1. The Bertz CT molecular complexity index is 418. The molecule has 1 aromatic rings. The van der Waals surface area contributed by atoms with E-state index in [1.54, 1.807) is 12.7 Å². The molecule has 0 spiro atoms. The molecule has 2 nitrogen and oxygen atoms in total. The zero-order valence-electron chi connectivity index (χ0n) is 12.8. The normalized spacial score (nSPS) is 17.6. The average Bonchev–Trinajstić information content (AvgIpc) is 2.88. The molecule has 20 heavy (non-hydrogen) atoms. The van der Waals surface area contributed by atoms with Gasteiger partial charge in [0.1, 0.15) is 0 Å². The van der Waals surface area contributed by atoms with E-state index >= 15 is 0 Å². The van der Waals surface area contributed by atoms with Gasteiger partial charge in [-0.3, -0.25) is 0 Å². The van der Waals surface area contributed by atoms with E-state index in [-0.39, 0.29) is 0 Å². The molecule has 1 N–H and O–H groups in total. The lowest BCUT2D eigenvalue weighted by molar-refractivity contribution is 0.200. The topological polar surface area (TPSA) is 21.3 Å². The first-order valence-electron chi connectivity index (χ1n) is 7.76. The fourth-order valence-electron chi connectivity index (χ4n) is 2.91. The fraction of sp³-hybridized carbons (Fsp3) is 0.647. The number of thiophene rings is 1. The maximum atomic E-state index is 5.11. The van der Waals surface area contributed by atoms with Crippen LogP contribution in [-0.4, -0.2) is 26.8 Å². The van der Waals surface area contributed by atoms with Crippen LogP contribution in [0.5, 0.6) is 0 Å². The standard InChI is InChI=1S/C17H27NOS/c1-14-8-9-17(20-14)12-16(13-18-10-11-19-2)15-6-4-3-5-7-15/h8-9,12,15,18H,3-7,10-11,13H2,1-2H3/b16-12-. The van der Waals surface area contributed by atoms with Crippen LogP contribution in [0.25, 0.3) is 6.08 Å². The van der Waals surface area contributed by atoms with Gasteiger partial charge in [0.2, 0.25) is 0 Å². The first-order valence-corrected chi connectivity index (χ1v) is 8.58. The van der Waals surface area contributed by atoms with Crippen molar-refractivity contribution in [1.82, 2.24) is 5.32 Å². The van der Waals surface area contributed by atoms with E-state index in [9.17, 15) is 0 Å². The lowest BCUT2D eigenvalue weighted by atomic mass is 9.83. The van der Waals surface area contributed by atoms with E-state index in [2.05, 4.69) is 30.4 Å². The Labute approximate surface area is 127 Å². The molecule has 1 saturated carbocycles. The molecular formula is C17H27NOS. The van der Waals surface area contributed by atoms with Gasteiger partial charge in [0.15, 0.2) is 0 Å². The molecule has 3 heteroatoms. The highest BCUT2D eigenvalue weighted by Gasteiger charge is 2.17. The summed E-state index contributed by atoms with van der Waals surface area (Å²) >= 11 is 1.89. The summed E-state index contributed by atoms with van der Waals surface area (Å²) in [5.74, 6) is 0.779.